The molecule has 1 aromatic carbocycles. The summed E-state index contributed by atoms with van der Waals surface area (Å²) in [5, 5.41) is 15.7. The van der Waals surface area contributed by atoms with Crippen molar-refractivity contribution in [3.05, 3.63) is 40.0 Å². The molecule has 0 bridgehead atoms. The molecule has 4 heteroatoms. The molecule has 0 aliphatic rings. The third-order valence-corrected chi connectivity index (χ3v) is 2.89. The summed E-state index contributed by atoms with van der Waals surface area (Å²) in [7, 11) is 0. The van der Waals surface area contributed by atoms with Crippen LogP contribution in [0, 0.1) is 18.3 Å². The molecule has 1 aromatic heterocycles. The first-order chi connectivity index (χ1) is 7.22. The molecule has 0 saturated heterocycles. The van der Waals surface area contributed by atoms with Crippen LogP contribution in [-0.4, -0.2) is 10.2 Å². The van der Waals surface area contributed by atoms with Gasteiger partial charge in [-0.05, 0) is 30.7 Å². The topological polar surface area (TPSA) is 52.5 Å². The van der Waals surface area contributed by atoms with Gasteiger partial charge < -0.3 is 0 Å². The smallest absolute Gasteiger partial charge is 0.0991 e. The van der Waals surface area contributed by atoms with E-state index in [4.69, 9.17) is 5.26 Å². The van der Waals surface area contributed by atoms with Gasteiger partial charge in [0.1, 0.15) is 0 Å². The normalized spacial score (nSPS) is 9.93. The highest BCUT2D eigenvalue weighted by Crippen LogP contribution is 2.29. The summed E-state index contributed by atoms with van der Waals surface area (Å²) >= 11 is 3.46. The first kappa shape index (κ1) is 9.94. The molecule has 0 aliphatic carbocycles. The molecule has 0 radical (unpaired) electrons. The Balaban J connectivity index is 2.63. The quantitative estimate of drug-likeness (QED) is 0.858. The Labute approximate surface area is 95.9 Å². The van der Waals surface area contributed by atoms with Crippen molar-refractivity contribution in [2.75, 3.05) is 0 Å². The zero-order chi connectivity index (χ0) is 10.8. The first-order valence-electron chi connectivity index (χ1n) is 4.42. The fourth-order valence-electron chi connectivity index (χ4n) is 1.41. The number of benzene rings is 1. The molecule has 3 nitrogen and oxygen atoms in total. The molecule has 1 heterocycles. The highest BCUT2D eigenvalue weighted by molar-refractivity contribution is 9.10. The number of hydrogen-bond acceptors (Lipinski definition) is 2. The molecule has 0 aliphatic heterocycles. The van der Waals surface area contributed by atoms with Gasteiger partial charge in [-0.2, -0.15) is 10.4 Å². The maximum atomic E-state index is 8.83. The fraction of sp³-hybridized carbons (Fsp3) is 0.0909. The largest absolute Gasteiger partial charge is 0.278 e. The highest BCUT2D eigenvalue weighted by Gasteiger charge is 2.08. The Bertz CT molecular complexity index is 537. The Morgan fingerprint density at radius 2 is 2.27 bits per heavy atom. The molecule has 0 unspecified atom stereocenters. The van der Waals surface area contributed by atoms with Crippen LogP contribution in [0.25, 0.3) is 11.3 Å². The van der Waals surface area contributed by atoms with Crippen molar-refractivity contribution in [2.45, 2.75) is 6.92 Å². The van der Waals surface area contributed by atoms with Gasteiger partial charge in [-0.3, -0.25) is 5.10 Å². The Morgan fingerprint density at radius 1 is 1.47 bits per heavy atom. The molecule has 74 valence electrons. The summed E-state index contributed by atoms with van der Waals surface area (Å²) in [6.45, 7) is 1.98. The van der Waals surface area contributed by atoms with E-state index >= 15 is 0 Å². The van der Waals surface area contributed by atoms with Crippen LogP contribution in [0.4, 0.5) is 0 Å². The number of halogens is 1. The predicted octanol–water partition coefficient (Wildman–Crippen LogP) is 3.02. The van der Waals surface area contributed by atoms with Gasteiger partial charge in [0, 0.05) is 10.0 Å². The third kappa shape index (κ3) is 1.79. The third-order valence-electron chi connectivity index (χ3n) is 2.19. The van der Waals surface area contributed by atoms with Crippen LogP contribution in [-0.2, 0) is 0 Å². The minimum atomic E-state index is 0.641. The van der Waals surface area contributed by atoms with Crippen LogP contribution >= 0.6 is 15.9 Å². The van der Waals surface area contributed by atoms with Gasteiger partial charge in [-0.1, -0.05) is 15.9 Å². The molecule has 2 rings (SSSR count). The minimum Gasteiger partial charge on any atom is -0.278 e. The Hall–Kier alpha value is -1.60. The van der Waals surface area contributed by atoms with Crippen LogP contribution in [0.3, 0.4) is 0 Å². The molecule has 0 amide bonds. The maximum absolute atomic E-state index is 8.83. The van der Waals surface area contributed by atoms with E-state index in [2.05, 4.69) is 32.2 Å². The number of nitrogens with one attached hydrogen (secondary N) is 1. The average molecular weight is 262 g/mol. The fourth-order valence-corrected chi connectivity index (χ4v) is 1.85. The summed E-state index contributed by atoms with van der Waals surface area (Å²) in [4.78, 5) is 0. The van der Waals surface area contributed by atoms with Gasteiger partial charge in [0.15, 0.2) is 0 Å². The second kappa shape index (κ2) is 3.87. The maximum Gasteiger partial charge on any atom is 0.0991 e. The number of aromatic amines is 1. The van der Waals surface area contributed by atoms with Crippen LogP contribution in [0.5, 0.6) is 0 Å². The van der Waals surface area contributed by atoms with Gasteiger partial charge in [-0.15, -0.1) is 0 Å². The summed E-state index contributed by atoms with van der Waals surface area (Å²) in [5.74, 6) is 0. The zero-order valence-corrected chi connectivity index (χ0v) is 9.67. The number of hydrogen-bond donors (Lipinski definition) is 1. The Morgan fingerprint density at radius 3 is 2.87 bits per heavy atom. The van der Waals surface area contributed by atoms with E-state index in [1.165, 1.54) is 0 Å². The Kier molecular flexibility index (Phi) is 2.57. The lowest BCUT2D eigenvalue weighted by Crippen LogP contribution is -1.85. The molecule has 0 fully saturated rings. The summed E-state index contributed by atoms with van der Waals surface area (Å²) in [6, 6.07) is 7.61. The summed E-state index contributed by atoms with van der Waals surface area (Å²) in [6.07, 6.45) is 1.76. The number of nitrogens with zero attached hydrogens (tertiary/aromatic N) is 2. The number of aryl methyl sites for hydroxylation is 1. The summed E-state index contributed by atoms with van der Waals surface area (Å²) in [5.41, 5.74) is 3.61. The predicted molar refractivity (Wildman–Crippen MR) is 61.2 cm³/mol. The van der Waals surface area contributed by atoms with Gasteiger partial charge in [0.05, 0.1) is 23.5 Å². The van der Waals surface area contributed by atoms with E-state index in [9.17, 15) is 0 Å². The van der Waals surface area contributed by atoms with Gasteiger partial charge in [-0.25, -0.2) is 0 Å². The van der Waals surface area contributed by atoms with Gasteiger partial charge in [0.25, 0.3) is 0 Å². The lowest BCUT2D eigenvalue weighted by molar-refractivity contribution is 1.09. The monoisotopic (exact) mass is 261 g/mol. The van der Waals surface area contributed by atoms with Crippen molar-refractivity contribution in [1.29, 1.82) is 5.26 Å². The molecule has 2 aromatic rings. The van der Waals surface area contributed by atoms with Gasteiger partial charge >= 0.3 is 0 Å². The zero-order valence-electron chi connectivity index (χ0n) is 8.08. The lowest BCUT2D eigenvalue weighted by atomic mass is 10.1. The lowest BCUT2D eigenvalue weighted by Gasteiger charge is -2.03. The van der Waals surface area contributed by atoms with Crippen LogP contribution in [0.2, 0.25) is 0 Å². The van der Waals surface area contributed by atoms with E-state index in [1.54, 1.807) is 12.3 Å². The van der Waals surface area contributed by atoms with Crippen molar-refractivity contribution in [3.63, 3.8) is 0 Å². The van der Waals surface area contributed by atoms with Crippen LogP contribution in [0.15, 0.2) is 28.9 Å². The molecule has 0 spiro atoms. The molecule has 1 N–H and O–H groups in total. The molecule has 0 saturated carbocycles. The van der Waals surface area contributed by atoms with E-state index in [0.717, 1.165) is 21.3 Å². The molecule has 15 heavy (non-hydrogen) atoms. The first-order valence-corrected chi connectivity index (χ1v) is 5.21. The second-order valence-electron chi connectivity index (χ2n) is 3.23. The minimum absolute atomic E-state index is 0.641. The molecular weight excluding hydrogens is 254 g/mol. The van der Waals surface area contributed by atoms with Gasteiger partial charge in [0.2, 0.25) is 0 Å². The van der Waals surface area contributed by atoms with Crippen molar-refractivity contribution in [3.8, 4) is 17.3 Å². The molecule has 0 atom stereocenters. The van der Waals surface area contributed by atoms with E-state index in [-0.39, 0.29) is 0 Å². The second-order valence-corrected chi connectivity index (χ2v) is 4.09. The van der Waals surface area contributed by atoms with Crippen molar-refractivity contribution < 1.29 is 0 Å². The van der Waals surface area contributed by atoms with Crippen LogP contribution < -0.4 is 0 Å². The van der Waals surface area contributed by atoms with Crippen molar-refractivity contribution in [1.82, 2.24) is 10.2 Å². The van der Waals surface area contributed by atoms with Crippen LogP contribution in [0.1, 0.15) is 11.1 Å². The van der Waals surface area contributed by atoms with E-state index in [1.807, 2.05) is 19.1 Å². The SMILES string of the molecule is Cc1cn[nH]c1-c1cc(C#N)ccc1Br. The average Bonchev–Trinajstić information content (AvgIpc) is 2.65. The number of nitriles is 1. The standard InChI is InChI=1S/C11H8BrN3/c1-7-6-14-15-11(7)9-4-8(5-13)2-3-10(9)12/h2-4,6H,1H3,(H,14,15). The van der Waals surface area contributed by atoms with Crippen molar-refractivity contribution >= 4 is 15.9 Å². The summed E-state index contributed by atoms with van der Waals surface area (Å²) < 4.78 is 0.953. The number of aromatic nitrogens is 2. The number of H-pyrrole nitrogens is 1. The molecular formula is C11H8BrN3. The van der Waals surface area contributed by atoms with E-state index < -0.39 is 0 Å². The van der Waals surface area contributed by atoms with E-state index in [0.29, 0.717) is 5.56 Å². The highest BCUT2D eigenvalue weighted by atomic mass is 79.9. The van der Waals surface area contributed by atoms with Crippen molar-refractivity contribution in [2.24, 2.45) is 0 Å². The number of rotatable bonds is 1.